The number of fused-ring (bicyclic) bond motifs is 2. The number of hydrogen-bond acceptors (Lipinski definition) is 7. The lowest BCUT2D eigenvalue weighted by molar-refractivity contribution is 0.0391. The van der Waals surface area contributed by atoms with Gasteiger partial charge < -0.3 is 4.74 Å². The number of amides is 1. The first-order valence-corrected chi connectivity index (χ1v) is 12.3. The molecule has 2 aromatic carbocycles. The van der Waals surface area contributed by atoms with Gasteiger partial charge in [0.15, 0.2) is 5.13 Å². The minimum absolute atomic E-state index is 0.0154. The number of rotatable bonds is 6. The fourth-order valence-corrected chi connectivity index (χ4v) is 5.56. The number of anilines is 1. The standard InChI is InChI=1S/C23H24N4O2S2/c1-2-16-3-5-19-21(13-16)31-23(25-19)27(8-7-26-9-11-29-12-10-26)22(28)17-4-6-18-20(14-17)30-15-24-18/h3-6,13-15H,2,7-12H2,1H3. The SMILES string of the molecule is CCc1ccc2nc(N(CCN3CCOCC3)C(=O)c3ccc4ncsc4c3)sc2c1. The Balaban J connectivity index is 1.47. The van der Waals surface area contributed by atoms with E-state index in [1.54, 1.807) is 22.7 Å². The molecule has 5 rings (SSSR count). The first kappa shape index (κ1) is 20.5. The first-order chi connectivity index (χ1) is 15.2. The van der Waals surface area contributed by atoms with E-state index >= 15 is 0 Å². The van der Waals surface area contributed by atoms with E-state index in [0.717, 1.165) is 64.8 Å². The Morgan fingerprint density at radius 3 is 2.81 bits per heavy atom. The lowest BCUT2D eigenvalue weighted by atomic mass is 10.2. The molecule has 1 amide bonds. The van der Waals surface area contributed by atoms with Gasteiger partial charge in [0, 0.05) is 31.7 Å². The Labute approximate surface area is 189 Å². The van der Waals surface area contributed by atoms with E-state index in [9.17, 15) is 4.79 Å². The van der Waals surface area contributed by atoms with Gasteiger partial charge in [-0.1, -0.05) is 24.3 Å². The highest BCUT2D eigenvalue weighted by atomic mass is 32.1. The highest BCUT2D eigenvalue weighted by Crippen LogP contribution is 2.31. The maximum absolute atomic E-state index is 13.6. The number of nitrogens with zero attached hydrogens (tertiary/aromatic N) is 4. The lowest BCUT2D eigenvalue weighted by Crippen LogP contribution is -2.43. The molecule has 1 aliphatic heterocycles. The molecule has 0 radical (unpaired) electrons. The maximum Gasteiger partial charge on any atom is 0.260 e. The zero-order chi connectivity index (χ0) is 21.2. The summed E-state index contributed by atoms with van der Waals surface area (Å²) >= 11 is 3.14. The Hall–Kier alpha value is -2.39. The number of morpholine rings is 1. The molecule has 31 heavy (non-hydrogen) atoms. The van der Waals surface area contributed by atoms with Gasteiger partial charge >= 0.3 is 0 Å². The summed E-state index contributed by atoms with van der Waals surface area (Å²) in [4.78, 5) is 27.0. The third-order valence-electron chi connectivity index (χ3n) is 5.65. The van der Waals surface area contributed by atoms with Crippen LogP contribution in [0.25, 0.3) is 20.4 Å². The molecule has 0 saturated carbocycles. The molecule has 1 aliphatic rings. The molecule has 0 atom stereocenters. The molecule has 1 fully saturated rings. The van der Waals surface area contributed by atoms with Crippen molar-refractivity contribution in [2.75, 3.05) is 44.3 Å². The van der Waals surface area contributed by atoms with Crippen molar-refractivity contribution in [2.45, 2.75) is 13.3 Å². The molecule has 0 unspecified atom stereocenters. The Morgan fingerprint density at radius 1 is 1.13 bits per heavy atom. The summed E-state index contributed by atoms with van der Waals surface area (Å²) in [6.07, 6.45) is 0.984. The molecule has 8 heteroatoms. The molecular formula is C23H24N4O2S2. The van der Waals surface area contributed by atoms with Crippen LogP contribution in [0.2, 0.25) is 0 Å². The Bertz CT molecular complexity index is 1210. The van der Waals surface area contributed by atoms with Gasteiger partial charge in [-0.05, 0) is 42.3 Å². The first-order valence-electron chi connectivity index (χ1n) is 10.6. The third-order valence-corrected chi connectivity index (χ3v) is 7.48. The summed E-state index contributed by atoms with van der Waals surface area (Å²) in [6.45, 7) is 6.84. The van der Waals surface area contributed by atoms with Crippen LogP contribution in [-0.4, -0.2) is 60.2 Å². The fraction of sp³-hybridized carbons (Fsp3) is 0.348. The molecule has 1 saturated heterocycles. The van der Waals surface area contributed by atoms with Crippen LogP contribution in [0.1, 0.15) is 22.8 Å². The second kappa shape index (κ2) is 9.00. The number of carbonyl (C=O) groups is 1. The predicted molar refractivity (Wildman–Crippen MR) is 128 cm³/mol. The van der Waals surface area contributed by atoms with Crippen LogP contribution in [0.3, 0.4) is 0 Å². The Morgan fingerprint density at radius 2 is 1.97 bits per heavy atom. The minimum atomic E-state index is -0.0154. The number of hydrogen-bond donors (Lipinski definition) is 0. The maximum atomic E-state index is 13.6. The van der Waals surface area contributed by atoms with Gasteiger partial charge in [-0.3, -0.25) is 14.6 Å². The van der Waals surface area contributed by atoms with Gasteiger partial charge in [-0.25, -0.2) is 9.97 Å². The number of aryl methyl sites for hydroxylation is 1. The van der Waals surface area contributed by atoms with E-state index in [1.807, 2.05) is 28.6 Å². The second-order valence-corrected chi connectivity index (χ2v) is 9.49. The van der Waals surface area contributed by atoms with Crippen LogP contribution in [0.15, 0.2) is 41.9 Å². The van der Waals surface area contributed by atoms with Crippen molar-refractivity contribution in [3.05, 3.63) is 53.0 Å². The quantitative estimate of drug-likeness (QED) is 0.433. The van der Waals surface area contributed by atoms with E-state index < -0.39 is 0 Å². The van der Waals surface area contributed by atoms with Crippen molar-refractivity contribution in [3.8, 4) is 0 Å². The molecule has 0 N–H and O–H groups in total. The molecular weight excluding hydrogens is 428 g/mol. The zero-order valence-electron chi connectivity index (χ0n) is 17.4. The minimum Gasteiger partial charge on any atom is -0.379 e. The van der Waals surface area contributed by atoms with Crippen molar-refractivity contribution in [2.24, 2.45) is 0 Å². The van der Waals surface area contributed by atoms with E-state index in [1.165, 1.54) is 5.56 Å². The Kier molecular flexibility index (Phi) is 5.95. The summed E-state index contributed by atoms with van der Waals surface area (Å²) in [7, 11) is 0. The second-order valence-electron chi connectivity index (χ2n) is 7.60. The zero-order valence-corrected chi connectivity index (χ0v) is 19.0. The predicted octanol–water partition coefficient (Wildman–Crippen LogP) is 4.45. The number of ether oxygens (including phenoxy) is 1. The summed E-state index contributed by atoms with van der Waals surface area (Å²) in [5, 5.41) is 0.755. The van der Waals surface area contributed by atoms with Gasteiger partial charge in [0.1, 0.15) is 0 Å². The van der Waals surface area contributed by atoms with Crippen molar-refractivity contribution in [3.63, 3.8) is 0 Å². The summed E-state index contributed by atoms with van der Waals surface area (Å²) < 4.78 is 7.61. The van der Waals surface area contributed by atoms with Crippen molar-refractivity contribution >= 4 is 54.1 Å². The molecule has 0 bridgehead atoms. The molecule has 3 heterocycles. The number of thiazole rings is 2. The van der Waals surface area contributed by atoms with Gasteiger partial charge in [0.25, 0.3) is 5.91 Å². The monoisotopic (exact) mass is 452 g/mol. The van der Waals surface area contributed by atoms with E-state index in [2.05, 4.69) is 35.0 Å². The summed E-state index contributed by atoms with van der Waals surface area (Å²) in [6, 6.07) is 12.1. The smallest absolute Gasteiger partial charge is 0.260 e. The summed E-state index contributed by atoms with van der Waals surface area (Å²) in [5.41, 5.74) is 5.64. The fourth-order valence-electron chi connectivity index (χ4n) is 3.79. The van der Waals surface area contributed by atoms with Crippen LogP contribution in [-0.2, 0) is 11.2 Å². The average Bonchev–Trinajstić information content (AvgIpc) is 3.45. The van der Waals surface area contributed by atoms with E-state index in [0.29, 0.717) is 12.1 Å². The number of carbonyl (C=O) groups excluding carboxylic acids is 1. The van der Waals surface area contributed by atoms with Gasteiger partial charge in [-0.2, -0.15) is 0 Å². The lowest BCUT2D eigenvalue weighted by Gasteiger charge is -2.29. The van der Waals surface area contributed by atoms with Crippen LogP contribution >= 0.6 is 22.7 Å². The van der Waals surface area contributed by atoms with E-state index in [4.69, 9.17) is 9.72 Å². The largest absolute Gasteiger partial charge is 0.379 e. The molecule has 4 aromatic rings. The normalized spacial score (nSPS) is 15.0. The highest BCUT2D eigenvalue weighted by Gasteiger charge is 2.23. The average molecular weight is 453 g/mol. The highest BCUT2D eigenvalue weighted by molar-refractivity contribution is 7.22. The van der Waals surface area contributed by atoms with Gasteiger partial charge in [-0.15, -0.1) is 11.3 Å². The van der Waals surface area contributed by atoms with Gasteiger partial charge in [0.05, 0.1) is 39.2 Å². The number of benzene rings is 2. The van der Waals surface area contributed by atoms with Crippen LogP contribution in [0, 0.1) is 0 Å². The summed E-state index contributed by atoms with van der Waals surface area (Å²) in [5.74, 6) is -0.0154. The van der Waals surface area contributed by atoms with Crippen LogP contribution in [0.5, 0.6) is 0 Å². The van der Waals surface area contributed by atoms with Crippen molar-refractivity contribution in [1.82, 2.24) is 14.9 Å². The van der Waals surface area contributed by atoms with Gasteiger partial charge in [0.2, 0.25) is 0 Å². The van der Waals surface area contributed by atoms with Crippen molar-refractivity contribution in [1.29, 1.82) is 0 Å². The molecule has 0 aliphatic carbocycles. The molecule has 6 nitrogen and oxygen atoms in total. The topological polar surface area (TPSA) is 58.6 Å². The molecule has 0 spiro atoms. The third kappa shape index (κ3) is 4.34. The molecule has 160 valence electrons. The number of aromatic nitrogens is 2. The molecule has 2 aromatic heterocycles. The van der Waals surface area contributed by atoms with Crippen LogP contribution < -0.4 is 4.90 Å². The van der Waals surface area contributed by atoms with Crippen LogP contribution in [0.4, 0.5) is 5.13 Å². The van der Waals surface area contributed by atoms with E-state index in [-0.39, 0.29) is 5.91 Å². The van der Waals surface area contributed by atoms with Crippen molar-refractivity contribution < 1.29 is 9.53 Å².